The fourth-order valence-electron chi connectivity index (χ4n) is 2.91. The number of hydrogen-bond donors (Lipinski definition) is 0. The second-order valence-corrected chi connectivity index (χ2v) is 7.23. The summed E-state index contributed by atoms with van der Waals surface area (Å²) in [6, 6.07) is 15.8. The molecule has 3 rings (SSSR count). The molecule has 2 aromatic rings. The second-order valence-electron chi connectivity index (χ2n) is 6.31. The zero-order valence-electron chi connectivity index (χ0n) is 12.8. The van der Waals surface area contributed by atoms with E-state index in [0.29, 0.717) is 6.42 Å². The first kappa shape index (κ1) is 15.2. The SMILES string of the molecule is CC1(C)Cc2ccccc2C(CC(=O)c2ccc(Br)cc2)=N1. The number of halogens is 1. The van der Waals surface area contributed by atoms with Gasteiger partial charge in [0.1, 0.15) is 0 Å². The van der Waals surface area contributed by atoms with Crippen LogP contribution in [0.4, 0.5) is 0 Å². The first-order valence-electron chi connectivity index (χ1n) is 7.40. The molecule has 0 aliphatic carbocycles. The Hall–Kier alpha value is -1.74. The predicted octanol–water partition coefficient (Wildman–Crippen LogP) is 4.85. The first-order valence-corrected chi connectivity index (χ1v) is 8.20. The van der Waals surface area contributed by atoms with Gasteiger partial charge in [0.25, 0.3) is 0 Å². The van der Waals surface area contributed by atoms with Crippen LogP contribution < -0.4 is 0 Å². The highest BCUT2D eigenvalue weighted by atomic mass is 79.9. The molecule has 0 unspecified atom stereocenters. The van der Waals surface area contributed by atoms with Gasteiger partial charge in [0, 0.05) is 10.0 Å². The van der Waals surface area contributed by atoms with Crippen LogP contribution in [0.15, 0.2) is 58.0 Å². The number of rotatable bonds is 3. The number of carbonyl (C=O) groups is 1. The molecule has 22 heavy (non-hydrogen) atoms. The summed E-state index contributed by atoms with van der Waals surface area (Å²) in [5.74, 6) is 0.110. The highest BCUT2D eigenvalue weighted by molar-refractivity contribution is 9.10. The third-order valence-corrected chi connectivity index (χ3v) is 4.41. The molecule has 2 aromatic carbocycles. The van der Waals surface area contributed by atoms with Crippen LogP contribution in [-0.2, 0) is 6.42 Å². The minimum absolute atomic E-state index is 0.110. The van der Waals surface area contributed by atoms with E-state index in [1.54, 1.807) is 0 Å². The van der Waals surface area contributed by atoms with E-state index >= 15 is 0 Å². The molecule has 0 saturated heterocycles. The molecular formula is C19H18BrNO. The van der Waals surface area contributed by atoms with E-state index in [0.717, 1.165) is 27.7 Å². The van der Waals surface area contributed by atoms with Crippen molar-refractivity contribution in [2.24, 2.45) is 4.99 Å². The Bertz CT molecular complexity index is 744. The molecule has 1 heterocycles. The standard InChI is InChI=1S/C19H18BrNO/c1-19(2)12-14-5-3-4-6-16(14)17(21-19)11-18(22)13-7-9-15(20)10-8-13/h3-10H,11-12H2,1-2H3. The van der Waals surface area contributed by atoms with Gasteiger partial charge in [-0.15, -0.1) is 0 Å². The molecule has 0 radical (unpaired) electrons. The summed E-state index contributed by atoms with van der Waals surface area (Å²) in [5.41, 5.74) is 3.88. The van der Waals surface area contributed by atoms with Crippen molar-refractivity contribution in [1.82, 2.24) is 0 Å². The van der Waals surface area contributed by atoms with Gasteiger partial charge in [0.2, 0.25) is 0 Å². The number of benzene rings is 2. The molecule has 0 saturated carbocycles. The van der Waals surface area contributed by atoms with Crippen molar-refractivity contribution in [2.45, 2.75) is 32.2 Å². The van der Waals surface area contributed by atoms with E-state index in [1.807, 2.05) is 36.4 Å². The smallest absolute Gasteiger partial charge is 0.168 e. The largest absolute Gasteiger partial charge is 0.294 e. The maximum atomic E-state index is 12.5. The van der Waals surface area contributed by atoms with Crippen molar-refractivity contribution in [3.63, 3.8) is 0 Å². The molecule has 1 aliphatic heterocycles. The Morgan fingerprint density at radius 2 is 1.82 bits per heavy atom. The van der Waals surface area contributed by atoms with Gasteiger partial charge in [-0.1, -0.05) is 52.3 Å². The molecular weight excluding hydrogens is 338 g/mol. The van der Waals surface area contributed by atoms with Crippen molar-refractivity contribution in [1.29, 1.82) is 0 Å². The summed E-state index contributed by atoms with van der Waals surface area (Å²) in [7, 11) is 0. The van der Waals surface area contributed by atoms with Crippen LogP contribution in [0.5, 0.6) is 0 Å². The molecule has 112 valence electrons. The van der Waals surface area contributed by atoms with E-state index in [1.165, 1.54) is 5.56 Å². The summed E-state index contributed by atoms with van der Waals surface area (Å²) >= 11 is 3.39. The van der Waals surface area contributed by atoms with Crippen LogP contribution >= 0.6 is 15.9 Å². The summed E-state index contributed by atoms with van der Waals surface area (Å²) in [4.78, 5) is 17.4. The lowest BCUT2D eigenvalue weighted by Crippen LogP contribution is -2.29. The van der Waals surface area contributed by atoms with Gasteiger partial charge in [-0.3, -0.25) is 9.79 Å². The number of fused-ring (bicyclic) bond motifs is 1. The van der Waals surface area contributed by atoms with Gasteiger partial charge in [0.05, 0.1) is 17.7 Å². The first-order chi connectivity index (χ1) is 10.4. The van der Waals surface area contributed by atoms with Crippen LogP contribution in [-0.4, -0.2) is 17.0 Å². The van der Waals surface area contributed by atoms with Crippen molar-refractivity contribution < 1.29 is 4.79 Å². The second kappa shape index (κ2) is 5.81. The maximum absolute atomic E-state index is 12.5. The zero-order chi connectivity index (χ0) is 15.7. The lowest BCUT2D eigenvalue weighted by atomic mass is 9.85. The molecule has 0 fully saturated rings. The maximum Gasteiger partial charge on any atom is 0.168 e. The molecule has 3 heteroatoms. The van der Waals surface area contributed by atoms with Gasteiger partial charge >= 0.3 is 0 Å². The molecule has 0 aromatic heterocycles. The number of hydrogen-bond acceptors (Lipinski definition) is 2. The Kier molecular flexibility index (Phi) is 4.00. The van der Waals surface area contributed by atoms with E-state index in [2.05, 4.69) is 41.9 Å². The highest BCUT2D eigenvalue weighted by Gasteiger charge is 2.27. The van der Waals surface area contributed by atoms with Crippen LogP contribution in [0.2, 0.25) is 0 Å². The van der Waals surface area contributed by atoms with Crippen LogP contribution in [0, 0.1) is 0 Å². The van der Waals surface area contributed by atoms with Gasteiger partial charge < -0.3 is 0 Å². The molecule has 0 N–H and O–H groups in total. The average Bonchev–Trinajstić information content (AvgIpc) is 2.46. The Morgan fingerprint density at radius 1 is 1.14 bits per heavy atom. The molecule has 2 nitrogen and oxygen atoms in total. The van der Waals surface area contributed by atoms with Crippen LogP contribution in [0.1, 0.15) is 41.8 Å². The fourth-order valence-corrected chi connectivity index (χ4v) is 3.18. The van der Waals surface area contributed by atoms with Crippen LogP contribution in [0.25, 0.3) is 0 Å². The third-order valence-electron chi connectivity index (χ3n) is 3.88. The van der Waals surface area contributed by atoms with E-state index in [9.17, 15) is 4.79 Å². The van der Waals surface area contributed by atoms with Gasteiger partial charge in [-0.05, 0) is 43.5 Å². The van der Waals surface area contributed by atoms with Crippen molar-refractivity contribution in [2.75, 3.05) is 0 Å². The summed E-state index contributed by atoms with van der Waals surface area (Å²) in [6.45, 7) is 4.24. The molecule has 1 aliphatic rings. The van der Waals surface area contributed by atoms with Crippen LogP contribution in [0.3, 0.4) is 0 Å². The minimum Gasteiger partial charge on any atom is -0.294 e. The summed E-state index contributed by atoms with van der Waals surface area (Å²) in [6.07, 6.45) is 1.27. The van der Waals surface area contributed by atoms with Crippen molar-refractivity contribution in [3.8, 4) is 0 Å². The van der Waals surface area contributed by atoms with Crippen molar-refractivity contribution in [3.05, 3.63) is 69.7 Å². The lowest BCUT2D eigenvalue weighted by Gasteiger charge is -2.29. The number of Topliss-reactive ketones (excluding diaryl/α,β-unsaturated/α-hetero) is 1. The van der Waals surface area contributed by atoms with Gasteiger partial charge in [-0.2, -0.15) is 0 Å². The monoisotopic (exact) mass is 355 g/mol. The van der Waals surface area contributed by atoms with Crippen molar-refractivity contribution >= 4 is 27.4 Å². The topological polar surface area (TPSA) is 29.4 Å². The predicted molar refractivity (Wildman–Crippen MR) is 93.9 cm³/mol. The molecule has 0 spiro atoms. The lowest BCUT2D eigenvalue weighted by molar-refractivity contribution is 0.100. The van der Waals surface area contributed by atoms with E-state index < -0.39 is 0 Å². The Morgan fingerprint density at radius 3 is 2.55 bits per heavy atom. The molecule has 0 amide bonds. The van der Waals surface area contributed by atoms with Gasteiger partial charge in [-0.25, -0.2) is 0 Å². The molecule has 0 bridgehead atoms. The Labute approximate surface area is 139 Å². The quantitative estimate of drug-likeness (QED) is 0.723. The average molecular weight is 356 g/mol. The Balaban J connectivity index is 1.91. The fraction of sp³-hybridized carbons (Fsp3) is 0.263. The van der Waals surface area contributed by atoms with Gasteiger partial charge in [0.15, 0.2) is 5.78 Å². The summed E-state index contributed by atoms with van der Waals surface area (Å²) < 4.78 is 0.977. The number of carbonyl (C=O) groups excluding carboxylic acids is 1. The molecule has 0 atom stereocenters. The highest BCUT2D eigenvalue weighted by Crippen LogP contribution is 2.28. The number of ketones is 1. The van der Waals surface area contributed by atoms with E-state index in [4.69, 9.17) is 4.99 Å². The normalized spacial score (nSPS) is 15.9. The minimum atomic E-state index is -0.149. The number of aliphatic imine (C=N–C) groups is 1. The zero-order valence-corrected chi connectivity index (χ0v) is 14.4. The summed E-state index contributed by atoms with van der Waals surface area (Å²) in [5, 5.41) is 0. The third kappa shape index (κ3) is 3.20. The van der Waals surface area contributed by atoms with E-state index in [-0.39, 0.29) is 11.3 Å². The number of nitrogens with zero attached hydrogens (tertiary/aromatic N) is 1.